The van der Waals surface area contributed by atoms with Gasteiger partial charge >= 0.3 is 0 Å². The lowest BCUT2D eigenvalue weighted by Gasteiger charge is -2.17. The highest BCUT2D eigenvalue weighted by Gasteiger charge is 2.15. The van der Waals surface area contributed by atoms with Crippen molar-refractivity contribution in [2.24, 2.45) is 11.7 Å². The second kappa shape index (κ2) is 7.73. The van der Waals surface area contributed by atoms with Crippen molar-refractivity contribution >= 4 is 29.0 Å². The van der Waals surface area contributed by atoms with Crippen LogP contribution < -0.4 is 11.1 Å². The molecule has 0 heterocycles. The van der Waals surface area contributed by atoms with Crippen LogP contribution in [-0.4, -0.2) is 41.8 Å². The van der Waals surface area contributed by atoms with Crippen molar-refractivity contribution < 1.29 is 9.59 Å². The minimum atomic E-state index is -0.243. The molecule has 6 heteroatoms. The quantitative estimate of drug-likeness (QED) is 0.774. The summed E-state index contributed by atoms with van der Waals surface area (Å²) in [6, 6.07) is 6.77. The van der Waals surface area contributed by atoms with Crippen LogP contribution in [0.2, 0.25) is 0 Å². The first-order valence-corrected chi connectivity index (χ1v) is 7.14. The highest BCUT2D eigenvalue weighted by atomic mass is 32.1. The first kappa shape index (κ1) is 17.1. The number of hydrogen-bond donors (Lipinski definition) is 2. The number of nitrogens with one attached hydrogen (secondary N) is 1. The SMILES string of the molecule is CC(C)CNC(=O)CN(C)C(=O)c1cccc(C(N)=S)c1. The maximum atomic E-state index is 12.3. The summed E-state index contributed by atoms with van der Waals surface area (Å²) < 4.78 is 0. The third-order valence-corrected chi connectivity index (χ3v) is 3.06. The van der Waals surface area contributed by atoms with E-state index in [0.717, 1.165) is 0 Å². The maximum Gasteiger partial charge on any atom is 0.254 e. The number of likely N-dealkylation sites (N-methyl/N-ethyl adjacent to an activating group) is 1. The van der Waals surface area contributed by atoms with Gasteiger partial charge in [0, 0.05) is 24.7 Å². The molecule has 0 aliphatic carbocycles. The number of carbonyl (C=O) groups excluding carboxylic acids is 2. The molecule has 0 fully saturated rings. The monoisotopic (exact) mass is 307 g/mol. The van der Waals surface area contributed by atoms with Crippen LogP contribution >= 0.6 is 12.2 Å². The number of nitrogens with zero attached hydrogens (tertiary/aromatic N) is 1. The van der Waals surface area contributed by atoms with Crippen LogP contribution in [0, 0.1) is 5.92 Å². The molecule has 1 rings (SSSR count). The van der Waals surface area contributed by atoms with Crippen molar-refractivity contribution in [2.75, 3.05) is 20.1 Å². The molecule has 0 saturated heterocycles. The van der Waals surface area contributed by atoms with Crippen molar-refractivity contribution in [3.05, 3.63) is 35.4 Å². The predicted octanol–water partition coefficient (Wildman–Crippen LogP) is 1.16. The Kier molecular flexibility index (Phi) is 6.30. The van der Waals surface area contributed by atoms with Gasteiger partial charge in [-0.05, 0) is 18.1 Å². The molecule has 2 amide bonds. The van der Waals surface area contributed by atoms with Gasteiger partial charge in [0.1, 0.15) is 4.99 Å². The second-order valence-electron chi connectivity index (χ2n) is 5.30. The molecule has 0 bridgehead atoms. The van der Waals surface area contributed by atoms with Crippen molar-refractivity contribution in [1.29, 1.82) is 0 Å². The van der Waals surface area contributed by atoms with Gasteiger partial charge in [0.05, 0.1) is 6.54 Å². The zero-order valence-corrected chi connectivity index (χ0v) is 13.4. The van der Waals surface area contributed by atoms with Gasteiger partial charge in [0.2, 0.25) is 5.91 Å². The number of hydrogen-bond acceptors (Lipinski definition) is 3. The summed E-state index contributed by atoms with van der Waals surface area (Å²) in [7, 11) is 1.59. The van der Waals surface area contributed by atoms with Gasteiger partial charge in [-0.2, -0.15) is 0 Å². The van der Waals surface area contributed by atoms with E-state index in [4.69, 9.17) is 18.0 Å². The lowest BCUT2D eigenvalue weighted by Crippen LogP contribution is -2.39. The highest BCUT2D eigenvalue weighted by Crippen LogP contribution is 2.08. The van der Waals surface area contributed by atoms with Crippen molar-refractivity contribution in [3.8, 4) is 0 Å². The van der Waals surface area contributed by atoms with Gasteiger partial charge in [-0.3, -0.25) is 9.59 Å². The predicted molar refractivity (Wildman–Crippen MR) is 87.1 cm³/mol. The molecule has 0 radical (unpaired) electrons. The van der Waals surface area contributed by atoms with E-state index in [1.54, 1.807) is 31.3 Å². The average Bonchev–Trinajstić information content (AvgIpc) is 2.44. The topological polar surface area (TPSA) is 75.4 Å². The summed E-state index contributed by atoms with van der Waals surface area (Å²) in [5.74, 6) is -0.0462. The molecule has 3 N–H and O–H groups in total. The van der Waals surface area contributed by atoms with E-state index in [0.29, 0.717) is 23.6 Å². The molecular formula is C15H21N3O2S. The smallest absolute Gasteiger partial charge is 0.254 e. The van der Waals surface area contributed by atoms with E-state index in [1.807, 2.05) is 13.8 Å². The van der Waals surface area contributed by atoms with Crippen LogP contribution in [0.1, 0.15) is 29.8 Å². The van der Waals surface area contributed by atoms with Crippen LogP contribution in [0.15, 0.2) is 24.3 Å². The fourth-order valence-corrected chi connectivity index (χ4v) is 1.81. The Morgan fingerprint density at radius 2 is 1.95 bits per heavy atom. The molecule has 0 aromatic heterocycles. The number of nitrogens with two attached hydrogens (primary N) is 1. The van der Waals surface area contributed by atoms with Gasteiger partial charge in [0.15, 0.2) is 0 Å². The Hall–Kier alpha value is -1.95. The van der Waals surface area contributed by atoms with Crippen LogP contribution in [0.5, 0.6) is 0 Å². The summed E-state index contributed by atoms with van der Waals surface area (Å²) in [6.07, 6.45) is 0. The normalized spacial score (nSPS) is 10.3. The number of thiocarbonyl (C=S) groups is 1. The van der Waals surface area contributed by atoms with Crippen molar-refractivity contribution in [2.45, 2.75) is 13.8 Å². The first-order valence-electron chi connectivity index (χ1n) is 6.73. The van der Waals surface area contributed by atoms with E-state index < -0.39 is 0 Å². The van der Waals surface area contributed by atoms with Crippen molar-refractivity contribution in [3.63, 3.8) is 0 Å². The van der Waals surface area contributed by atoms with Gasteiger partial charge in [-0.25, -0.2) is 0 Å². The molecule has 0 aliphatic rings. The summed E-state index contributed by atoms with van der Waals surface area (Å²) in [6.45, 7) is 4.63. The Morgan fingerprint density at radius 1 is 1.33 bits per heavy atom. The van der Waals surface area contributed by atoms with Crippen LogP contribution in [0.25, 0.3) is 0 Å². The Balaban J connectivity index is 2.68. The number of amides is 2. The molecule has 5 nitrogen and oxygen atoms in total. The molecule has 1 aromatic rings. The minimum Gasteiger partial charge on any atom is -0.389 e. The third kappa shape index (κ3) is 5.51. The molecule has 0 atom stereocenters. The van der Waals surface area contributed by atoms with Crippen LogP contribution in [-0.2, 0) is 4.79 Å². The molecule has 21 heavy (non-hydrogen) atoms. The lowest BCUT2D eigenvalue weighted by atomic mass is 10.1. The van der Waals surface area contributed by atoms with Crippen LogP contribution in [0.3, 0.4) is 0 Å². The minimum absolute atomic E-state index is 0.0167. The average molecular weight is 307 g/mol. The van der Waals surface area contributed by atoms with E-state index in [2.05, 4.69) is 5.32 Å². The van der Waals surface area contributed by atoms with Crippen molar-refractivity contribution in [1.82, 2.24) is 10.2 Å². The zero-order chi connectivity index (χ0) is 16.0. The van der Waals surface area contributed by atoms with E-state index >= 15 is 0 Å². The molecule has 1 aromatic carbocycles. The number of rotatable bonds is 6. The molecular weight excluding hydrogens is 286 g/mol. The summed E-state index contributed by atoms with van der Waals surface area (Å²) in [4.78, 5) is 25.6. The van der Waals surface area contributed by atoms with Crippen LogP contribution in [0.4, 0.5) is 0 Å². The Morgan fingerprint density at radius 3 is 2.52 bits per heavy atom. The number of carbonyl (C=O) groups is 2. The maximum absolute atomic E-state index is 12.3. The summed E-state index contributed by atoms with van der Waals surface area (Å²) in [5, 5.41) is 2.78. The largest absolute Gasteiger partial charge is 0.389 e. The fourth-order valence-electron chi connectivity index (χ4n) is 1.69. The summed E-state index contributed by atoms with van der Waals surface area (Å²) >= 11 is 4.89. The molecule has 0 saturated carbocycles. The Bertz CT molecular complexity index is 543. The standard InChI is InChI=1S/C15H21N3O2S/c1-10(2)8-17-13(19)9-18(3)15(20)12-6-4-5-11(7-12)14(16)21/h4-7,10H,8-9H2,1-3H3,(H2,16,21)(H,17,19). The molecule has 0 unspecified atom stereocenters. The van der Waals surface area contributed by atoms with E-state index in [-0.39, 0.29) is 23.3 Å². The zero-order valence-electron chi connectivity index (χ0n) is 12.6. The summed E-state index contributed by atoms with van der Waals surface area (Å²) in [5.41, 5.74) is 6.64. The molecule has 0 spiro atoms. The third-order valence-electron chi connectivity index (χ3n) is 2.83. The van der Waals surface area contributed by atoms with E-state index in [9.17, 15) is 9.59 Å². The first-order chi connectivity index (χ1) is 9.81. The molecule has 114 valence electrons. The van der Waals surface area contributed by atoms with Gasteiger partial charge in [0.25, 0.3) is 5.91 Å². The fraction of sp³-hybridized carbons (Fsp3) is 0.400. The lowest BCUT2D eigenvalue weighted by molar-refractivity contribution is -0.121. The van der Waals surface area contributed by atoms with Gasteiger partial charge in [-0.15, -0.1) is 0 Å². The highest BCUT2D eigenvalue weighted by molar-refractivity contribution is 7.80. The van der Waals surface area contributed by atoms with Gasteiger partial charge in [-0.1, -0.05) is 38.2 Å². The van der Waals surface area contributed by atoms with E-state index in [1.165, 1.54) is 4.90 Å². The Labute approximate surface area is 130 Å². The number of benzene rings is 1. The van der Waals surface area contributed by atoms with Gasteiger partial charge < -0.3 is 16.0 Å². The second-order valence-corrected chi connectivity index (χ2v) is 5.74. The molecule has 0 aliphatic heterocycles.